The van der Waals surface area contributed by atoms with Gasteiger partial charge in [-0.25, -0.2) is 4.39 Å². The van der Waals surface area contributed by atoms with Gasteiger partial charge in [0.25, 0.3) is 0 Å². The van der Waals surface area contributed by atoms with Crippen LogP contribution in [0.3, 0.4) is 0 Å². The summed E-state index contributed by atoms with van der Waals surface area (Å²) < 4.78 is 13.2. The standard InChI is InChI=1S/C10H8FNOS/c11-7-3-1-5-12-9(7)10(13)8-4-2-6-14-8/h1-6,10,13H. The summed E-state index contributed by atoms with van der Waals surface area (Å²) in [6.45, 7) is 0. The lowest BCUT2D eigenvalue weighted by Gasteiger charge is -2.07. The first-order valence-corrected chi connectivity index (χ1v) is 4.99. The molecule has 0 bridgehead atoms. The maximum Gasteiger partial charge on any atom is 0.147 e. The molecule has 0 spiro atoms. The molecular weight excluding hydrogens is 201 g/mol. The fraction of sp³-hybridized carbons (Fsp3) is 0.100. The molecule has 0 aliphatic heterocycles. The second kappa shape index (κ2) is 3.86. The van der Waals surface area contributed by atoms with Gasteiger partial charge in [-0.1, -0.05) is 6.07 Å². The van der Waals surface area contributed by atoms with Gasteiger partial charge in [0.05, 0.1) is 0 Å². The molecule has 2 aromatic heterocycles. The minimum absolute atomic E-state index is 0.0787. The van der Waals surface area contributed by atoms with Crippen LogP contribution in [0.2, 0.25) is 0 Å². The summed E-state index contributed by atoms with van der Waals surface area (Å²) in [7, 11) is 0. The Morgan fingerprint density at radius 1 is 1.36 bits per heavy atom. The van der Waals surface area contributed by atoms with Gasteiger partial charge in [0.15, 0.2) is 0 Å². The van der Waals surface area contributed by atoms with E-state index in [1.807, 2.05) is 11.4 Å². The highest BCUT2D eigenvalue weighted by molar-refractivity contribution is 7.10. The number of thiophene rings is 1. The summed E-state index contributed by atoms with van der Waals surface area (Å²) >= 11 is 1.38. The van der Waals surface area contributed by atoms with E-state index in [0.717, 1.165) is 0 Å². The quantitative estimate of drug-likeness (QED) is 0.823. The predicted molar refractivity (Wildman–Crippen MR) is 52.6 cm³/mol. The Labute approximate surface area is 84.7 Å². The third-order valence-corrected chi connectivity index (χ3v) is 2.78. The number of pyridine rings is 1. The molecule has 0 radical (unpaired) electrons. The van der Waals surface area contributed by atoms with Crippen LogP contribution in [-0.4, -0.2) is 10.1 Å². The van der Waals surface area contributed by atoms with Gasteiger partial charge in [0, 0.05) is 11.1 Å². The maximum atomic E-state index is 13.2. The Hall–Kier alpha value is -1.26. The van der Waals surface area contributed by atoms with Gasteiger partial charge in [0.2, 0.25) is 0 Å². The molecule has 0 aromatic carbocycles. The number of aliphatic hydroxyl groups excluding tert-OH is 1. The lowest BCUT2D eigenvalue weighted by Crippen LogP contribution is -2.03. The Balaban J connectivity index is 2.37. The van der Waals surface area contributed by atoms with E-state index >= 15 is 0 Å². The van der Waals surface area contributed by atoms with Gasteiger partial charge in [0.1, 0.15) is 17.6 Å². The second-order valence-corrected chi connectivity index (χ2v) is 3.77. The number of aliphatic hydroxyl groups is 1. The Morgan fingerprint density at radius 3 is 2.86 bits per heavy atom. The van der Waals surface area contributed by atoms with E-state index in [-0.39, 0.29) is 5.69 Å². The molecule has 2 rings (SSSR count). The molecule has 1 unspecified atom stereocenters. The fourth-order valence-corrected chi connectivity index (χ4v) is 1.89. The van der Waals surface area contributed by atoms with Crippen LogP contribution in [0.5, 0.6) is 0 Å². The highest BCUT2D eigenvalue weighted by atomic mass is 32.1. The van der Waals surface area contributed by atoms with Gasteiger partial charge in [-0.15, -0.1) is 11.3 Å². The number of nitrogens with zero attached hydrogens (tertiary/aromatic N) is 1. The monoisotopic (exact) mass is 209 g/mol. The Kier molecular flexibility index (Phi) is 2.56. The SMILES string of the molecule is OC(c1cccs1)c1ncccc1F. The van der Waals surface area contributed by atoms with E-state index in [2.05, 4.69) is 4.98 Å². The Morgan fingerprint density at radius 2 is 2.21 bits per heavy atom. The van der Waals surface area contributed by atoms with Crippen LogP contribution in [0.4, 0.5) is 4.39 Å². The molecule has 0 fully saturated rings. The molecular formula is C10H8FNOS. The number of halogens is 1. The largest absolute Gasteiger partial charge is 0.381 e. The molecule has 4 heteroatoms. The maximum absolute atomic E-state index is 13.2. The molecule has 72 valence electrons. The number of rotatable bonds is 2. The zero-order chi connectivity index (χ0) is 9.97. The van der Waals surface area contributed by atoms with E-state index in [4.69, 9.17) is 0 Å². The predicted octanol–water partition coefficient (Wildman–Crippen LogP) is 2.36. The molecule has 0 saturated heterocycles. The van der Waals surface area contributed by atoms with Crippen LogP contribution in [0.25, 0.3) is 0 Å². The molecule has 0 aliphatic rings. The highest BCUT2D eigenvalue weighted by Crippen LogP contribution is 2.25. The van der Waals surface area contributed by atoms with E-state index < -0.39 is 11.9 Å². The second-order valence-electron chi connectivity index (χ2n) is 2.79. The summed E-state index contributed by atoms with van der Waals surface area (Å²) in [5.41, 5.74) is 0.0787. The van der Waals surface area contributed by atoms with Crippen LogP contribution in [-0.2, 0) is 0 Å². The topological polar surface area (TPSA) is 33.1 Å². The minimum Gasteiger partial charge on any atom is -0.381 e. The lowest BCUT2D eigenvalue weighted by molar-refractivity contribution is 0.213. The molecule has 2 aromatic rings. The van der Waals surface area contributed by atoms with Crippen LogP contribution in [0, 0.1) is 5.82 Å². The van der Waals surface area contributed by atoms with E-state index in [1.165, 1.54) is 29.7 Å². The Bertz CT molecular complexity index is 416. The summed E-state index contributed by atoms with van der Waals surface area (Å²) in [5, 5.41) is 11.6. The van der Waals surface area contributed by atoms with Crippen molar-refractivity contribution in [3.8, 4) is 0 Å². The van der Waals surface area contributed by atoms with E-state index in [0.29, 0.717) is 4.88 Å². The molecule has 0 aliphatic carbocycles. The first-order chi connectivity index (χ1) is 6.79. The van der Waals surface area contributed by atoms with Crippen molar-refractivity contribution in [3.63, 3.8) is 0 Å². The van der Waals surface area contributed by atoms with Crippen LogP contribution in [0.15, 0.2) is 35.8 Å². The van der Waals surface area contributed by atoms with Crippen molar-refractivity contribution < 1.29 is 9.50 Å². The highest BCUT2D eigenvalue weighted by Gasteiger charge is 2.16. The molecule has 2 heterocycles. The van der Waals surface area contributed by atoms with Gasteiger partial charge >= 0.3 is 0 Å². The molecule has 2 nitrogen and oxygen atoms in total. The summed E-state index contributed by atoms with van der Waals surface area (Å²) in [6, 6.07) is 6.35. The van der Waals surface area contributed by atoms with Crippen molar-refractivity contribution in [1.29, 1.82) is 0 Å². The van der Waals surface area contributed by atoms with Crippen molar-refractivity contribution in [3.05, 3.63) is 52.2 Å². The van der Waals surface area contributed by atoms with Crippen molar-refractivity contribution in [2.75, 3.05) is 0 Å². The van der Waals surface area contributed by atoms with Crippen LogP contribution < -0.4 is 0 Å². The van der Waals surface area contributed by atoms with Crippen molar-refractivity contribution in [2.24, 2.45) is 0 Å². The van der Waals surface area contributed by atoms with Gasteiger partial charge in [-0.05, 0) is 23.6 Å². The van der Waals surface area contributed by atoms with E-state index in [9.17, 15) is 9.50 Å². The average molecular weight is 209 g/mol. The van der Waals surface area contributed by atoms with Gasteiger partial charge in [-0.2, -0.15) is 0 Å². The third-order valence-electron chi connectivity index (χ3n) is 1.86. The van der Waals surface area contributed by atoms with E-state index in [1.54, 1.807) is 6.07 Å². The third kappa shape index (κ3) is 1.66. The van der Waals surface area contributed by atoms with Crippen molar-refractivity contribution in [2.45, 2.75) is 6.10 Å². The van der Waals surface area contributed by atoms with Crippen LogP contribution in [0.1, 0.15) is 16.7 Å². The zero-order valence-corrected chi connectivity index (χ0v) is 8.04. The molecule has 0 saturated carbocycles. The summed E-state index contributed by atoms with van der Waals surface area (Å²) in [6.07, 6.45) is 0.506. The molecule has 0 amide bonds. The van der Waals surface area contributed by atoms with Gasteiger partial charge < -0.3 is 5.11 Å². The number of aromatic nitrogens is 1. The summed E-state index contributed by atoms with van der Waals surface area (Å²) in [4.78, 5) is 4.51. The fourth-order valence-electron chi connectivity index (χ4n) is 1.18. The summed E-state index contributed by atoms with van der Waals surface area (Å²) in [5.74, 6) is -0.478. The molecule has 14 heavy (non-hydrogen) atoms. The lowest BCUT2D eigenvalue weighted by atomic mass is 10.2. The molecule has 1 N–H and O–H groups in total. The number of hydrogen-bond donors (Lipinski definition) is 1. The van der Waals surface area contributed by atoms with Crippen molar-refractivity contribution in [1.82, 2.24) is 4.98 Å². The van der Waals surface area contributed by atoms with Crippen molar-refractivity contribution >= 4 is 11.3 Å². The van der Waals surface area contributed by atoms with Crippen LogP contribution >= 0.6 is 11.3 Å². The first kappa shape index (κ1) is 9.30. The smallest absolute Gasteiger partial charge is 0.147 e. The molecule has 1 atom stereocenters. The van der Waals surface area contributed by atoms with Gasteiger partial charge in [-0.3, -0.25) is 4.98 Å². The number of hydrogen-bond acceptors (Lipinski definition) is 3. The average Bonchev–Trinajstić information content (AvgIpc) is 2.70. The minimum atomic E-state index is -0.962. The zero-order valence-electron chi connectivity index (χ0n) is 7.22. The normalized spacial score (nSPS) is 12.7. The first-order valence-electron chi connectivity index (χ1n) is 4.11.